The molecule has 1 aromatic heterocycles. The molecule has 1 aromatic carbocycles. The summed E-state index contributed by atoms with van der Waals surface area (Å²) in [7, 11) is 0. The third-order valence-corrected chi connectivity index (χ3v) is 3.49. The Kier molecular flexibility index (Phi) is 3.75. The molecule has 1 unspecified atom stereocenters. The van der Waals surface area contributed by atoms with E-state index in [-0.39, 0.29) is 0 Å². The van der Waals surface area contributed by atoms with Crippen LogP contribution in [0.3, 0.4) is 0 Å². The molecule has 2 heterocycles. The Morgan fingerprint density at radius 2 is 2.16 bits per heavy atom. The predicted octanol–water partition coefficient (Wildman–Crippen LogP) is 2.74. The number of pyridine rings is 1. The van der Waals surface area contributed by atoms with E-state index in [9.17, 15) is 0 Å². The summed E-state index contributed by atoms with van der Waals surface area (Å²) >= 11 is 0. The van der Waals surface area contributed by atoms with E-state index in [1.807, 2.05) is 30.6 Å². The lowest BCUT2D eigenvalue weighted by Crippen LogP contribution is -2.28. The number of ether oxygens (including phenoxy) is 1. The topological polar surface area (TPSA) is 34.2 Å². The third-order valence-electron chi connectivity index (χ3n) is 3.49. The Balaban J connectivity index is 1.59. The highest BCUT2D eigenvalue weighted by Crippen LogP contribution is 2.31. The highest BCUT2D eigenvalue weighted by Gasteiger charge is 2.19. The lowest BCUT2D eigenvalue weighted by Gasteiger charge is -2.26. The van der Waals surface area contributed by atoms with Gasteiger partial charge in [0.1, 0.15) is 5.75 Å². The van der Waals surface area contributed by atoms with Gasteiger partial charge in [0.25, 0.3) is 0 Å². The van der Waals surface area contributed by atoms with Gasteiger partial charge in [-0.1, -0.05) is 24.3 Å². The maximum Gasteiger partial charge on any atom is 0.124 e. The second kappa shape index (κ2) is 5.85. The van der Waals surface area contributed by atoms with Crippen molar-refractivity contribution >= 4 is 0 Å². The Hall–Kier alpha value is -1.87. The van der Waals surface area contributed by atoms with Crippen LogP contribution in [0.25, 0.3) is 0 Å². The number of hydrogen-bond acceptors (Lipinski definition) is 3. The van der Waals surface area contributed by atoms with Crippen LogP contribution in [-0.2, 0) is 6.42 Å². The quantitative estimate of drug-likeness (QED) is 0.911. The van der Waals surface area contributed by atoms with Crippen molar-refractivity contribution in [2.75, 3.05) is 13.2 Å². The number of nitrogens with zero attached hydrogens (tertiary/aromatic N) is 1. The molecule has 1 N–H and O–H groups in total. The van der Waals surface area contributed by atoms with E-state index in [1.54, 1.807) is 0 Å². The van der Waals surface area contributed by atoms with Gasteiger partial charge in [0.15, 0.2) is 0 Å². The number of benzene rings is 1. The molecular formula is C16H18N2O. The van der Waals surface area contributed by atoms with Crippen molar-refractivity contribution in [3.63, 3.8) is 0 Å². The molecule has 0 aliphatic carbocycles. The van der Waals surface area contributed by atoms with Crippen LogP contribution in [0.4, 0.5) is 0 Å². The zero-order valence-electron chi connectivity index (χ0n) is 10.9. The molecule has 0 saturated carbocycles. The van der Waals surface area contributed by atoms with E-state index in [0.717, 1.165) is 31.7 Å². The fourth-order valence-corrected chi connectivity index (χ4v) is 2.49. The zero-order valence-corrected chi connectivity index (χ0v) is 10.9. The second-order valence-corrected chi connectivity index (χ2v) is 4.79. The largest absolute Gasteiger partial charge is 0.493 e. The smallest absolute Gasteiger partial charge is 0.124 e. The third kappa shape index (κ3) is 2.93. The van der Waals surface area contributed by atoms with E-state index in [2.05, 4.69) is 28.5 Å². The van der Waals surface area contributed by atoms with Crippen molar-refractivity contribution in [3.8, 4) is 5.75 Å². The van der Waals surface area contributed by atoms with Crippen molar-refractivity contribution in [1.29, 1.82) is 0 Å². The highest BCUT2D eigenvalue weighted by atomic mass is 16.5. The first-order valence-corrected chi connectivity index (χ1v) is 6.77. The van der Waals surface area contributed by atoms with Gasteiger partial charge in [0, 0.05) is 30.4 Å². The molecular weight excluding hydrogens is 236 g/mol. The summed E-state index contributed by atoms with van der Waals surface area (Å²) in [5, 5.41) is 3.62. The number of rotatable bonds is 4. The summed E-state index contributed by atoms with van der Waals surface area (Å²) in [6, 6.07) is 12.8. The minimum atomic E-state index is 0.404. The Bertz CT molecular complexity index is 527. The van der Waals surface area contributed by atoms with E-state index >= 15 is 0 Å². The van der Waals surface area contributed by atoms with Crippen molar-refractivity contribution < 1.29 is 4.74 Å². The van der Waals surface area contributed by atoms with Crippen molar-refractivity contribution in [1.82, 2.24) is 10.3 Å². The van der Waals surface area contributed by atoms with Crippen LogP contribution in [0.2, 0.25) is 0 Å². The van der Waals surface area contributed by atoms with Crippen molar-refractivity contribution in [2.45, 2.75) is 18.9 Å². The number of fused-ring (bicyclic) bond motifs is 1. The van der Waals surface area contributed by atoms with Gasteiger partial charge in [0.05, 0.1) is 6.61 Å². The van der Waals surface area contributed by atoms with Crippen molar-refractivity contribution in [3.05, 3.63) is 59.9 Å². The summed E-state index contributed by atoms with van der Waals surface area (Å²) < 4.78 is 5.67. The normalized spacial score (nSPS) is 17.6. The molecule has 0 radical (unpaired) electrons. The molecule has 0 spiro atoms. The summed E-state index contributed by atoms with van der Waals surface area (Å²) in [6.45, 7) is 1.76. The molecule has 0 saturated heterocycles. The second-order valence-electron chi connectivity index (χ2n) is 4.79. The van der Waals surface area contributed by atoms with Gasteiger partial charge < -0.3 is 10.1 Å². The van der Waals surface area contributed by atoms with Crippen LogP contribution in [0.15, 0.2) is 48.8 Å². The molecule has 3 rings (SSSR count). The first-order valence-electron chi connectivity index (χ1n) is 6.77. The lowest BCUT2D eigenvalue weighted by atomic mass is 10.0. The molecule has 3 nitrogen and oxygen atoms in total. The number of aromatic nitrogens is 1. The lowest BCUT2D eigenvalue weighted by molar-refractivity contribution is 0.253. The minimum absolute atomic E-state index is 0.404. The fraction of sp³-hybridized carbons (Fsp3) is 0.312. The van der Waals surface area contributed by atoms with Gasteiger partial charge in [-0.15, -0.1) is 0 Å². The molecule has 2 aromatic rings. The molecule has 98 valence electrons. The molecule has 0 bridgehead atoms. The van der Waals surface area contributed by atoms with Crippen LogP contribution >= 0.6 is 0 Å². The van der Waals surface area contributed by atoms with Gasteiger partial charge >= 0.3 is 0 Å². The van der Waals surface area contributed by atoms with E-state index < -0.39 is 0 Å². The zero-order chi connectivity index (χ0) is 12.9. The summed E-state index contributed by atoms with van der Waals surface area (Å²) in [5.74, 6) is 1.02. The maximum absolute atomic E-state index is 5.67. The first kappa shape index (κ1) is 12.2. The number of nitrogens with one attached hydrogen (secondary N) is 1. The minimum Gasteiger partial charge on any atom is -0.493 e. The molecule has 1 aliphatic rings. The monoisotopic (exact) mass is 254 g/mol. The molecule has 1 atom stereocenters. The van der Waals surface area contributed by atoms with E-state index in [0.29, 0.717) is 6.04 Å². The fourth-order valence-electron chi connectivity index (χ4n) is 2.49. The van der Waals surface area contributed by atoms with Crippen LogP contribution in [0.1, 0.15) is 23.6 Å². The van der Waals surface area contributed by atoms with Gasteiger partial charge in [0.2, 0.25) is 0 Å². The van der Waals surface area contributed by atoms with Crippen LogP contribution in [-0.4, -0.2) is 18.1 Å². The highest BCUT2D eigenvalue weighted by molar-refractivity contribution is 5.37. The standard InChI is InChI=1S/C16H18N2O/c1-2-6-16-14(5-1)15(8-11-19-16)18-10-7-13-4-3-9-17-12-13/h1-6,9,12,15,18H,7-8,10-11H2. The molecule has 1 aliphatic heterocycles. The predicted molar refractivity (Wildman–Crippen MR) is 75.2 cm³/mol. The SMILES string of the molecule is c1cncc(CCNC2CCOc3ccccc32)c1. The van der Waals surface area contributed by atoms with Gasteiger partial charge in [-0.25, -0.2) is 0 Å². The van der Waals surface area contributed by atoms with Crippen LogP contribution < -0.4 is 10.1 Å². The average Bonchev–Trinajstić information content (AvgIpc) is 2.49. The average molecular weight is 254 g/mol. The van der Waals surface area contributed by atoms with Crippen molar-refractivity contribution in [2.24, 2.45) is 0 Å². The van der Waals surface area contributed by atoms with E-state index in [1.165, 1.54) is 11.1 Å². The Morgan fingerprint density at radius 3 is 3.05 bits per heavy atom. The summed E-state index contributed by atoms with van der Waals surface area (Å²) in [5.41, 5.74) is 2.55. The van der Waals surface area contributed by atoms with Gasteiger partial charge in [-0.05, 0) is 30.7 Å². The Morgan fingerprint density at radius 1 is 1.21 bits per heavy atom. The summed E-state index contributed by atoms with van der Waals surface area (Å²) in [6.07, 6.45) is 5.78. The van der Waals surface area contributed by atoms with Gasteiger partial charge in [-0.3, -0.25) is 4.98 Å². The molecule has 0 fully saturated rings. The molecule has 0 amide bonds. The summed E-state index contributed by atoms with van der Waals surface area (Å²) in [4.78, 5) is 4.14. The maximum atomic E-state index is 5.67. The number of hydrogen-bond donors (Lipinski definition) is 1. The van der Waals surface area contributed by atoms with E-state index in [4.69, 9.17) is 4.74 Å². The number of para-hydroxylation sites is 1. The van der Waals surface area contributed by atoms with Gasteiger partial charge in [-0.2, -0.15) is 0 Å². The molecule has 19 heavy (non-hydrogen) atoms. The Labute approximate surface area is 113 Å². The first-order chi connectivity index (χ1) is 9.43. The molecule has 3 heteroatoms. The van der Waals surface area contributed by atoms with Crippen LogP contribution in [0.5, 0.6) is 5.75 Å². The van der Waals surface area contributed by atoms with Crippen LogP contribution in [0, 0.1) is 0 Å².